The van der Waals surface area contributed by atoms with Gasteiger partial charge in [0.2, 0.25) is 0 Å². The summed E-state index contributed by atoms with van der Waals surface area (Å²) in [6.45, 7) is 3.72. The molecule has 2 aromatic rings. The van der Waals surface area contributed by atoms with E-state index in [4.69, 9.17) is 9.52 Å². The van der Waals surface area contributed by atoms with Gasteiger partial charge in [-0.05, 0) is 36.9 Å². The first kappa shape index (κ1) is 14.3. The number of hydrogen-bond donors (Lipinski definition) is 1. The molecule has 106 valence electrons. The summed E-state index contributed by atoms with van der Waals surface area (Å²) in [5.41, 5.74) is 1.07. The first-order valence-electron chi connectivity index (χ1n) is 6.02. The van der Waals surface area contributed by atoms with Gasteiger partial charge in [-0.15, -0.1) is 11.3 Å². The van der Waals surface area contributed by atoms with Crippen molar-refractivity contribution in [2.24, 2.45) is 0 Å². The number of amides is 1. The van der Waals surface area contributed by atoms with Crippen LogP contribution in [0.1, 0.15) is 37.1 Å². The molecule has 0 unspecified atom stereocenters. The third-order valence-electron chi connectivity index (χ3n) is 3.00. The number of carbonyl (C=O) groups excluding carboxylic acids is 1. The molecule has 0 aliphatic carbocycles. The Hall–Kier alpha value is -2.08. The van der Waals surface area contributed by atoms with Gasteiger partial charge in [-0.1, -0.05) is 0 Å². The number of carbonyl (C=O) groups is 2. The average molecular weight is 293 g/mol. The van der Waals surface area contributed by atoms with E-state index in [1.807, 2.05) is 18.4 Å². The minimum absolute atomic E-state index is 0.0940. The van der Waals surface area contributed by atoms with Gasteiger partial charge in [0.15, 0.2) is 0 Å². The molecule has 1 N–H and O–H groups in total. The summed E-state index contributed by atoms with van der Waals surface area (Å²) in [6.07, 6.45) is 0. The highest BCUT2D eigenvalue weighted by molar-refractivity contribution is 7.12. The van der Waals surface area contributed by atoms with E-state index in [2.05, 4.69) is 0 Å². The molecule has 2 aromatic heterocycles. The molecule has 20 heavy (non-hydrogen) atoms. The van der Waals surface area contributed by atoms with Crippen LogP contribution in [0.4, 0.5) is 0 Å². The van der Waals surface area contributed by atoms with Crippen molar-refractivity contribution in [2.45, 2.75) is 20.4 Å². The maximum Gasteiger partial charge on any atom is 0.339 e. The number of aromatic carboxylic acids is 1. The Morgan fingerprint density at radius 3 is 2.60 bits per heavy atom. The van der Waals surface area contributed by atoms with Crippen LogP contribution < -0.4 is 0 Å². The lowest BCUT2D eigenvalue weighted by atomic mass is 10.2. The fourth-order valence-corrected chi connectivity index (χ4v) is 2.82. The highest BCUT2D eigenvalue weighted by Crippen LogP contribution is 2.20. The van der Waals surface area contributed by atoms with Crippen LogP contribution in [-0.4, -0.2) is 28.9 Å². The molecule has 0 aliphatic heterocycles. The van der Waals surface area contributed by atoms with Gasteiger partial charge >= 0.3 is 5.97 Å². The lowest BCUT2D eigenvalue weighted by Gasteiger charge is -2.15. The Bertz CT molecular complexity index is 656. The summed E-state index contributed by atoms with van der Waals surface area (Å²) in [5.74, 6) is -0.311. The van der Waals surface area contributed by atoms with E-state index in [-0.39, 0.29) is 18.0 Å². The fraction of sp³-hybridized carbons (Fsp3) is 0.286. The third-order valence-corrected chi connectivity index (χ3v) is 4.00. The van der Waals surface area contributed by atoms with Crippen molar-refractivity contribution >= 4 is 23.2 Å². The van der Waals surface area contributed by atoms with Gasteiger partial charge in [-0.2, -0.15) is 0 Å². The van der Waals surface area contributed by atoms with Gasteiger partial charge in [0.05, 0.1) is 11.4 Å². The Kier molecular flexibility index (Phi) is 3.94. The Labute approximate surface area is 120 Å². The summed E-state index contributed by atoms with van der Waals surface area (Å²) < 4.78 is 5.37. The van der Waals surface area contributed by atoms with E-state index in [0.29, 0.717) is 16.4 Å². The molecule has 2 rings (SSSR count). The van der Waals surface area contributed by atoms with Gasteiger partial charge in [-0.25, -0.2) is 4.79 Å². The molecule has 0 spiro atoms. The van der Waals surface area contributed by atoms with Crippen molar-refractivity contribution in [3.63, 3.8) is 0 Å². The van der Waals surface area contributed by atoms with Crippen LogP contribution in [0.5, 0.6) is 0 Å². The van der Waals surface area contributed by atoms with E-state index in [0.717, 1.165) is 5.56 Å². The maximum atomic E-state index is 12.2. The van der Waals surface area contributed by atoms with E-state index in [1.165, 1.54) is 22.3 Å². The van der Waals surface area contributed by atoms with Gasteiger partial charge < -0.3 is 14.4 Å². The Balaban J connectivity index is 2.14. The highest BCUT2D eigenvalue weighted by Gasteiger charge is 2.19. The predicted molar refractivity (Wildman–Crippen MR) is 75.3 cm³/mol. The van der Waals surface area contributed by atoms with Crippen LogP contribution in [0, 0.1) is 13.8 Å². The van der Waals surface area contributed by atoms with Crippen LogP contribution in [0.25, 0.3) is 0 Å². The monoisotopic (exact) mass is 293 g/mol. The minimum atomic E-state index is -1.03. The molecule has 1 amide bonds. The topological polar surface area (TPSA) is 70.8 Å². The minimum Gasteiger partial charge on any atom is -0.478 e. The number of furan rings is 1. The number of hydrogen-bond acceptors (Lipinski definition) is 4. The zero-order valence-electron chi connectivity index (χ0n) is 11.5. The standard InChI is InChI=1S/C14H15NO4S/c1-8-4-5-20-12(8)13(16)15(3)7-10-6-11(14(17)18)9(2)19-10/h4-6H,7H2,1-3H3,(H,17,18). The molecule has 0 saturated carbocycles. The van der Waals surface area contributed by atoms with Gasteiger partial charge in [0, 0.05) is 7.05 Å². The molecule has 0 aromatic carbocycles. The summed E-state index contributed by atoms with van der Waals surface area (Å²) in [5, 5.41) is 10.8. The molecule has 0 bridgehead atoms. The molecule has 0 saturated heterocycles. The first-order chi connectivity index (χ1) is 9.40. The van der Waals surface area contributed by atoms with Crippen molar-refractivity contribution in [1.29, 1.82) is 0 Å². The van der Waals surface area contributed by atoms with Gasteiger partial charge in [0.25, 0.3) is 5.91 Å². The zero-order valence-corrected chi connectivity index (χ0v) is 12.3. The second kappa shape index (κ2) is 5.50. The summed E-state index contributed by atoms with van der Waals surface area (Å²) in [4.78, 5) is 25.4. The largest absolute Gasteiger partial charge is 0.478 e. The molecule has 6 heteroatoms. The SMILES string of the molecule is Cc1ccsc1C(=O)N(C)Cc1cc(C(=O)O)c(C)o1. The quantitative estimate of drug-likeness (QED) is 0.941. The lowest BCUT2D eigenvalue weighted by molar-refractivity contribution is 0.0694. The number of aryl methyl sites for hydroxylation is 2. The fourth-order valence-electron chi connectivity index (χ4n) is 1.90. The van der Waals surface area contributed by atoms with E-state index < -0.39 is 5.97 Å². The van der Waals surface area contributed by atoms with Crippen LogP contribution in [0.15, 0.2) is 21.9 Å². The highest BCUT2D eigenvalue weighted by atomic mass is 32.1. The number of nitrogens with zero attached hydrogens (tertiary/aromatic N) is 1. The zero-order chi connectivity index (χ0) is 14.9. The van der Waals surface area contributed by atoms with Crippen LogP contribution in [0.3, 0.4) is 0 Å². The average Bonchev–Trinajstić information content (AvgIpc) is 2.94. The molecular formula is C14H15NO4S. The van der Waals surface area contributed by atoms with E-state index in [1.54, 1.807) is 14.0 Å². The van der Waals surface area contributed by atoms with Crippen molar-refractivity contribution in [2.75, 3.05) is 7.05 Å². The molecule has 0 aliphatic rings. The Morgan fingerprint density at radius 2 is 2.10 bits per heavy atom. The second-order valence-corrected chi connectivity index (χ2v) is 5.50. The molecule has 0 fully saturated rings. The van der Waals surface area contributed by atoms with Crippen LogP contribution in [-0.2, 0) is 6.54 Å². The second-order valence-electron chi connectivity index (χ2n) is 4.58. The van der Waals surface area contributed by atoms with Crippen LogP contribution >= 0.6 is 11.3 Å². The molecule has 2 heterocycles. The van der Waals surface area contributed by atoms with Gasteiger partial charge in [0.1, 0.15) is 17.1 Å². The predicted octanol–water partition coefficient (Wildman–Crippen LogP) is 2.93. The van der Waals surface area contributed by atoms with Crippen molar-refractivity contribution in [1.82, 2.24) is 4.90 Å². The Morgan fingerprint density at radius 1 is 1.40 bits per heavy atom. The van der Waals surface area contributed by atoms with Crippen molar-refractivity contribution < 1.29 is 19.1 Å². The van der Waals surface area contributed by atoms with Gasteiger partial charge in [-0.3, -0.25) is 4.79 Å². The summed E-state index contributed by atoms with van der Waals surface area (Å²) >= 11 is 1.39. The first-order valence-corrected chi connectivity index (χ1v) is 6.90. The summed E-state index contributed by atoms with van der Waals surface area (Å²) in [7, 11) is 1.67. The molecule has 0 radical (unpaired) electrons. The number of carboxylic acids is 1. The normalized spacial score (nSPS) is 10.6. The third kappa shape index (κ3) is 2.75. The van der Waals surface area contributed by atoms with Crippen molar-refractivity contribution in [3.8, 4) is 0 Å². The van der Waals surface area contributed by atoms with E-state index in [9.17, 15) is 9.59 Å². The lowest BCUT2D eigenvalue weighted by Crippen LogP contribution is -2.25. The number of thiophene rings is 1. The van der Waals surface area contributed by atoms with E-state index >= 15 is 0 Å². The smallest absolute Gasteiger partial charge is 0.339 e. The van der Waals surface area contributed by atoms with Crippen LogP contribution in [0.2, 0.25) is 0 Å². The molecular weight excluding hydrogens is 278 g/mol. The maximum absolute atomic E-state index is 12.2. The number of carboxylic acid groups (broad SMARTS) is 1. The summed E-state index contributed by atoms with van der Waals surface area (Å²) in [6, 6.07) is 3.36. The van der Waals surface area contributed by atoms with Crippen molar-refractivity contribution in [3.05, 3.63) is 45.0 Å². The number of rotatable bonds is 4. The molecule has 5 nitrogen and oxygen atoms in total. The molecule has 0 atom stereocenters.